The average molecular weight is 457 g/mol. The Balaban J connectivity index is 1.61. The second-order valence-corrected chi connectivity index (χ2v) is 11.3. The number of nitrogens with zero attached hydrogens (tertiary/aromatic N) is 4. The van der Waals surface area contributed by atoms with Crippen LogP contribution in [0.5, 0.6) is 0 Å². The van der Waals surface area contributed by atoms with Crippen molar-refractivity contribution >= 4 is 17.7 Å². The monoisotopic (exact) mass is 456 g/mol. The maximum absolute atomic E-state index is 13.0. The van der Waals surface area contributed by atoms with Crippen LogP contribution in [0.2, 0.25) is 0 Å². The standard InChI is InChI=1S/C25H36N4O2S/c1-18(23(30)28-14-16-31-17-15-28)32-24-27-26-22(29(24)21-8-6-5-7-9-21)19-10-12-20(13-11-19)25(2,3)4/h10-13,18,21H,5-9,14-17H2,1-4H3. The van der Waals surface area contributed by atoms with Crippen molar-refractivity contribution in [2.75, 3.05) is 26.3 Å². The van der Waals surface area contributed by atoms with Gasteiger partial charge in [0.25, 0.3) is 0 Å². The fraction of sp³-hybridized carbons (Fsp3) is 0.640. The third-order valence-corrected chi connectivity index (χ3v) is 7.61. The summed E-state index contributed by atoms with van der Waals surface area (Å²) in [5.74, 6) is 1.08. The van der Waals surface area contributed by atoms with Gasteiger partial charge in [0.2, 0.25) is 5.91 Å². The van der Waals surface area contributed by atoms with Gasteiger partial charge >= 0.3 is 0 Å². The molecule has 1 aliphatic carbocycles. The minimum absolute atomic E-state index is 0.117. The highest BCUT2D eigenvalue weighted by Gasteiger charge is 2.29. The second kappa shape index (κ2) is 9.96. The van der Waals surface area contributed by atoms with Gasteiger partial charge in [-0.15, -0.1) is 10.2 Å². The van der Waals surface area contributed by atoms with Gasteiger partial charge < -0.3 is 9.64 Å². The fourth-order valence-electron chi connectivity index (χ4n) is 4.59. The molecule has 7 heteroatoms. The lowest BCUT2D eigenvalue weighted by Gasteiger charge is -2.29. The van der Waals surface area contributed by atoms with E-state index in [1.54, 1.807) is 11.8 Å². The van der Waals surface area contributed by atoms with Gasteiger partial charge in [-0.2, -0.15) is 0 Å². The van der Waals surface area contributed by atoms with E-state index in [1.165, 1.54) is 24.8 Å². The van der Waals surface area contributed by atoms with Crippen LogP contribution in [0.25, 0.3) is 11.4 Å². The van der Waals surface area contributed by atoms with E-state index in [4.69, 9.17) is 4.74 Å². The Kier molecular flexibility index (Phi) is 7.25. The number of aromatic nitrogens is 3. The van der Waals surface area contributed by atoms with Crippen LogP contribution in [0.3, 0.4) is 0 Å². The molecule has 32 heavy (non-hydrogen) atoms. The van der Waals surface area contributed by atoms with Crippen molar-refractivity contribution in [2.45, 2.75) is 81.7 Å². The van der Waals surface area contributed by atoms with Gasteiger partial charge in [0, 0.05) is 24.7 Å². The van der Waals surface area contributed by atoms with Gasteiger partial charge in [-0.05, 0) is 30.7 Å². The molecule has 1 amide bonds. The van der Waals surface area contributed by atoms with E-state index < -0.39 is 0 Å². The summed E-state index contributed by atoms with van der Waals surface area (Å²) in [6.07, 6.45) is 6.05. The molecule has 2 aliphatic rings. The number of carbonyl (C=O) groups is 1. The maximum atomic E-state index is 13.0. The van der Waals surface area contributed by atoms with E-state index >= 15 is 0 Å². The molecule has 1 saturated carbocycles. The van der Waals surface area contributed by atoms with Crippen LogP contribution in [0.1, 0.15) is 71.4 Å². The number of thioether (sulfide) groups is 1. The predicted octanol–water partition coefficient (Wildman–Crippen LogP) is 5.09. The van der Waals surface area contributed by atoms with Crippen LogP contribution in [0.15, 0.2) is 29.4 Å². The fourth-order valence-corrected chi connectivity index (χ4v) is 5.59. The lowest BCUT2D eigenvalue weighted by atomic mass is 9.86. The topological polar surface area (TPSA) is 60.2 Å². The van der Waals surface area contributed by atoms with Crippen molar-refractivity contribution in [1.82, 2.24) is 19.7 Å². The first kappa shape index (κ1) is 23.3. The van der Waals surface area contributed by atoms with E-state index in [0.29, 0.717) is 32.3 Å². The zero-order chi connectivity index (χ0) is 22.7. The van der Waals surface area contributed by atoms with Gasteiger partial charge in [0.05, 0.1) is 18.5 Å². The molecule has 4 rings (SSSR count). The molecule has 0 bridgehead atoms. The van der Waals surface area contributed by atoms with E-state index in [-0.39, 0.29) is 16.6 Å². The summed E-state index contributed by atoms with van der Waals surface area (Å²) in [5, 5.41) is 9.88. The molecule has 1 aromatic heterocycles. The van der Waals surface area contributed by atoms with Crippen LogP contribution in [0.4, 0.5) is 0 Å². The molecule has 174 valence electrons. The summed E-state index contributed by atoms with van der Waals surface area (Å²) in [5.41, 5.74) is 2.52. The van der Waals surface area contributed by atoms with Gasteiger partial charge in [-0.25, -0.2) is 0 Å². The van der Waals surface area contributed by atoms with Crippen LogP contribution in [-0.2, 0) is 14.9 Å². The van der Waals surface area contributed by atoms with Crippen LogP contribution in [0, 0.1) is 0 Å². The summed E-state index contributed by atoms with van der Waals surface area (Å²) in [6.45, 7) is 11.3. The lowest BCUT2D eigenvalue weighted by Crippen LogP contribution is -2.44. The number of amides is 1. The number of carbonyl (C=O) groups excluding carboxylic acids is 1. The van der Waals surface area contributed by atoms with E-state index in [0.717, 1.165) is 29.4 Å². The van der Waals surface area contributed by atoms with E-state index in [9.17, 15) is 4.79 Å². The number of morpholine rings is 1. The Labute approximate surface area is 196 Å². The molecule has 2 aromatic rings. The highest BCUT2D eigenvalue weighted by molar-refractivity contribution is 8.00. The van der Waals surface area contributed by atoms with Crippen molar-refractivity contribution in [1.29, 1.82) is 0 Å². The highest BCUT2D eigenvalue weighted by Crippen LogP contribution is 2.37. The quantitative estimate of drug-likeness (QED) is 0.587. The first-order valence-electron chi connectivity index (χ1n) is 11.9. The summed E-state index contributed by atoms with van der Waals surface area (Å²) in [6, 6.07) is 9.13. The molecule has 6 nitrogen and oxygen atoms in total. The normalized spacial score (nSPS) is 19.2. The van der Waals surface area contributed by atoms with Gasteiger partial charge in [0.1, 0.15) is 0 Å². The molecule has 0 radical (unpaired) electrons. The lowest BCUT2D eigenvalue weighted by molar-refractivity contribution is -0.134. The molecule has 0 N–H and O–H groups in total. The number of hydrogen-bond acceptors (Lipinski definition) is 5. The number of benzene rings is 1. The molecule has 2 fully saturated rings. The highest BCUT2D eigenvalue weighted by atomic mass is 32.2. The van der Waals surface area contributed by atoms with Gasteiger partial charge in [0.15, 0.2) is 11.0 Å². The van der Waals surface area contributed by atoms with Crippen molar-refractivity contribution in [3.05, 3.63) is 29.8 Å². The summed E-state index contributed by atoms with van der Waals surface area (Å²) >= 11 is 1.55. The van der Waals surface area contributed by atoms with Crippen LogP contribution in [-0.4, -0.2) is 57.1 Å². The van der Waals surface area contributed by atoms with Crippen molar-refractivity contribution in [3.63, 3.8) is 0 Å². The molecule has 2 heterocycles. The molecular formula is C25H36N4O2S. The molecular weight excluding hydrogens is 420 g/mol. The molecule has 1 atom stereocenters. The van der Waals surface area contributed by atoms with E-state index in [1.807, 2.05) is 11.8 Å². The van der Waals surface area contributed by atoms with Crippen LogP contribution < -0.4 is 0 Å². The molecule has 0 spiro atoms. The Bertz CT molecular complexity index is 907. The summed E-state index contributed by atoms with van der Waals surface area (Å²) in [7, 11) is 0. The summed E-state index contributed by atoms with van der Waals surface area (Å²) < 4.78 is 7.72. The molecule has 1 saturated heterocycles. The maximum Gasteiger partial charge on any atom is 0.236 e. The largest absolute Gasteiger partial charge is 0.378 e. The Morgan fingerprint density at radius 3 is 2.34 bits per heavy atom. The number of hydrogen-bond donors (Lipinski definition) is 0. The third kappa shape index (κ3) is 5.20. The summed E-state index contributed by atoms with van der Waals surface area (Å²) in [4.78, 5) is 14.9. The van der Waals surface area contributed by atoms with E-state index in [2.05, 4.69) is 59.8 Å². The van der Waals surface area contributed by atoms with Crippen molar-refractivity contribution < 1.29 is 9.53 Å². The average Bonchev–Trinajstić information content (AvgIpc) is 3.22. The van der Waals surface area contributed by atoms with Gasteiger partial charge in [-0.1, -0.05) is 76.1 Å². The Morgan fingerprint density at radius 2 is 1.72 bits per heavy atom. The molecule has 1 unspecified atom stereocenters. The number of ether oxygens (including phenoxy) is 1. The Morgan fingerprint density at radius 1 is 1.06 bits per heavy atom. The third-order valence-electron chi connectivity index (χ3n) is 6.57. The Hall–Kier alpha value is -1.86. The van der Waals surface area contributed by atoms with Gasteiger partial charge in [-0.3, -0.25) is 9.36 Å². The first-order valence-corrected chi connectivity index (χ1v) is 12.8. The zero-order valence-electron chi connectivity index (χ0n) is 19.8. The molecule has 1 aromatic carbocycles. The van der Waals surface area contributed by atoms with Crippen molar-refractivity contribution in [3.8, 4) is 11.4 Å². The molecule has 1 aliphatic heterocycles. The van der Waals surface area contributed by atoms with Crippen LogP contribution >= 0.6 is 11.8 Å². The first-order chi connectivity index (χ1) is 15.3. The second-order valence-electron chi connectivity index (χ2n) is 9.99. The SMILES string of the molecule is CC(Sc1nnc(-c2ccc(C(C)(C)C)cc2)n1C1CCCCC1)C(=O)N1CCOCC1. The van der Waals surface area contributed by atoms with Crippen molar-refractivity contribution in [2.24, 2.45) is 0 Å². The zero-order valence-corrected chi connectivity index (χ0v) is 20.7. The minimum atomic E-state index is -0.198. The smallest absolute Gasteiger partial charge is 0.236 e. The minimum Gasteiger partial charge on any atom is -0.378 e. The number of rotatable bonds is 5. The predicted molar refractivity (Wildman–Crippen MR) is 129 cm³/mol.